The molecule has 1 aliphatic rings. The molecule has 2 nitrogen and oxygen atoms in total. The first-order valence-corrected chi connectivity index (χ1v) is 4.34. The molecule has 0 amide bonds. The maximum atomic E-state index is 4.36. The molecule has 2 heteroatoms. The zero-order chi connectivity index (χ0) is 8.67. The van der Waals surface area contributed by atoms with Gasteiger partial charge in [-0.2, -0.15) is 0 Å². The highest BCUT2D eigenvalue weighted by Gasteiger charge is 2.10. The van der Waals surface area contributed by atoms with Crippen LogP contribution < -0.4 is 0 Å². The molecule has 2 heterocycles. The second kappa shape index (κ2) is 2.39. The van der Waals surface area contributed by atoms with Gasteiger partial charge >= 0.3 is 0 Å². The van der Waals surface area contributed by atoms with Crippen LogP contribution in [0.4, 0.5) is 5.69 Å². The summed E-state index contributed by atoms with van der Waals surface area (Å²) in [4.78, 5) is 8.70. The summed E-state index contributed by atoms with van der Waals surface area (Å²) >= 11 is 0. The Balaban J connectivity index is 2.49. The monoisotopic (exact) mass is 168 g/mol. The fourth-order valence-electron chi connectivity index (χ4n) is 1.71. The van der Waals surface area contributed by atoms with E-state index in [-0.39, 0.29) is 0 Å². The first-order chi connectivity index (χ1) is 6.45. The standard InChI is InChI=1S/C11H8N2/c1-2-4-9-8(3-1)7-13-10-5-6-12-11(9)10/h1-4,6-7H,5H2. The van der Waals surface area contributed by atoms with Gasteiger partial charge in [0, 0.05) is 29.6 Å². The number of hydrogen-bond acceptors (Lipinski definition) is 2. The number of rotatable bonds is 0. The van der Waals surface area contributed by atoms with E-state index in [4.69, 9.17) is 0 Å². The fourth-order valence-corrected chi connectivity index (χ4v) is 1.71. The molecule has 1 aliphatic heterocycles. The molecule has 1 aromatic carbocycles. The van der Waals surface area contributed by atoms with Crippen molar-refractivity contribution < 1.29 is 0 Å². The van der Waals surface area contributed by atoms with Crippen molar-refractivity contribution >= 4 is 22.7 Å². The molecule has 3 rings (SSSR count). The summed E-state index contributed by atoms with van der Waals surface area (Å²) in [6.07, 6.45) is 4.72. The zero-order valence-electron chi connectivity index (χ0n) is 7.07. The highest BCUT2D eigenvalue weighted by Crippen LogP contribution is 2.30. The van der Waals surface area contributed by atoms with Gasteiger partial charge in [0.05, 0.1) is 11.4 Å². The SMILES string of the molecule is C1=Nc2c(ncc3ccccc23)C1. The van der Waals surface area contributed by atoms with E-state index in [1.807, 2.05) is 24.5 Å². The van der Waals surface area contributed by atoms with Crippen molar-refractivity contribution in [1.29, 1.82) is 0 Å². The lowest BCUT2D eigenvalue weighted by atomic mass is 10.1. The van der Waals surface area contributed by atoms with Crippen LogP contribution >= 0.6 is 0 Å². The van der Waals surface area contributed by atoms with Crippen molar-refractivity contribution in [2.75, 3.05) is 0 Å². The predicted octanol–water partition coefficient (Wildman–Crippen LogP) is 2.49. The Morgan fingerprint density at radius 2 is 2.08 bits per heavy atom. The van der Waals surface area contributed by atoms with Crippen LogP contribution in [0.2, 0.25) is 0 Å². The Morgan fingerprint density at radius 1 is 1.15 bits per heavy atom. The molecule has 0 atom stereocenters. The van der Waals surface area contributed by atoms with Crippen molar-refractivity contribution in [3.05, 3.63) is 36.2 Å². The van der Waals surface area contributed by atoms with Gasteiger partial charge in [-0.05, 0) is 0 Å². The number of pyridine rings is 1. The van der Waals surface area contributed by atoms with Gasteiger partial charge in [0.1, 0.15) is 0 Å². The topological polar surface area (TPSA) is 25.2 Å². The van der Waals surface area contributed by atoms with E-state index in [0.29, 0.717) is 0 Å². The molecular formula is C11H8N2. The van der Waals surface area contributed by atoms with Crippen LogP contribution in [0, 0.1) is 0 Å². The molecule has 62 valence electrons. The lowest BCUT2D eigenvalue weighted by molar-refractivity contribution is 1.20. The van der Waals surface area contributed by atoms with E-state index in [2.05, 4.69) is 22.1 Å². The number of nitrogens with zero attached hydrogens (tertiary/aromatic N) is 2. The van der Waals surface area contributed by atoms with Crippen LogP contribution in [-0.4, -0.2) is 11.2 Å². The van der Waals surface area contributed by atoms with Gasteiger partial charge in [-0.3, -0.25) is 9.98 Å². The van der Waals surface area contributed by atoms with Crippen LogP contribution in [-0.2, 0) is 6.42 Å². The van der Waals surface area contributed by atoms with Gasteiger partial charge < -0.3 is 0 Å². The lowest BCUT2D eigenvalue weighted by Gasteiger charge is -2.01. The van der Waals surface area contributed by atoms with Crippen molar-refractivity contribution in [3.8, 4) is 0 Å². The molecule has 0 N–H and O–H groups in total. The number of aromatic nitrogens is 1. The first kappa shape index (κ1) is 6.78. The van der Waals surface area contributed by atoms with Gasteiger partial charge in [0.15, 0.2) is 0 Å². The van der Waals surface area contributed by atoms with Crippen LogP contribution in [0.1, 0.15) is 5.69 Å². The number of hydrogen-bond donors (Lipinski definition) is 0. The predicted molar refractivity (Wildman–Crippen MR) is 53.6 cm³/mol. The van der Waals surface area contributed by atoms with E-state index < -0.39 is 0 Å². The van der Waals surface area contributed by atoms with E-state index in [0.717, 1.165) is 17.8 Å². The zero-order valence-corrected chi connectivity index (χ0v) is 7.07. The highest BCUT2D eigenvalue weighted by atomic mass is 14.8. The average molecular weight is 168 g/mol. The average Bonchev–Trinajstić information content (AvgIpc) is 2.65. The number of fused-ring (bicyclic) bond motifs is 3. The smallest absolute Gasteiger partial charge is 0.0923 e. The second-order valence-corrected chi connectivity index (χ2v) is 3.16. The van der Waals surface area contributed by atoms with Gasteiger partial charge in [0.25, 0.3) is 0 Å². The van der Waals surface area contributed by atoms with E-state index in [9.17, 15) is 0 Å². The minimum Gasteiger partial charge on any atom is -0.258 e. The third-order valence-corrected chi connectivity index (χ3v) is 2.35. The van der Waals surface area contributed by atoms with Crippen LogP contribution in [0.25, 0.3) is 10.8 Å². The summed E-state index contributed by atoms with van der Waals surface area (Å²) in [5, 5.41) is 2.38. The van der Waals surface area contributed by atoms with E-state index in [1.54, 1.807) is 0 Å². The summed E-state index contributed by atoms with van der Waals surface area (Å²) in [7, 11) is 0. The third-order valence-electron chi connectivity index (χ3n) is 2.35. The van der Waals surface area contributed by atoms with Crippen LogP contribution in [0.5, 0.6) is 0 Å². The van der Waals surface area contributed by atoms with Gasteiger partial charge in [-0.1, -0.05) is 24.3 Å². The minimum absolute atomic E-state index is 0.875. The molecule has 1 aromatic heterocycles. The first-order valence-electron chi connectivity index (χ1n) is 4.34. The molecular weight excluding hydrogens is 160 g/mol. The van der Waals surface area contributed by atoms with Crippen molar-refractivity contribution in [2.45, 2.75) is 6.42 Å². The minimum atomic E-state index is 0.875. The Hall–Kier alpha value is -1.70. The van der Waals surface area contributed by atoms with Gasteiger partial charge in [0.2, 0.25) is 0 Å². The van der Waals surface area contributed by atoms with Crippen molar-refractivity contribution in [2.24, 2.45) is 4.99 Å². The molecule has 13 heavy (non-hydrogen) atoms. The maximum Gasteiger partial charge on any atom is 0.0923 e. The molecule has 0 radical (unpaired) electrons. The molecule has 0 saturated heterocycles. The Kier molecular flexibility index (Phi) is 1.25. The Labute approximate surface area is 76.0 Å². The summed E-state index contributed by atoms with van der Waals surface area (Å²) in [6.45, 7) is 0. The van der Waals surface area contributed by atoms with E-state index in [1.165, 1.54) is 10.8 Å². The molecule has 0 saturated carbocycles. The number of benzene rings is 1. The molecule has 0 spiro atoms. The van der Waals surface area contributed by atoms with E-state index >= 15 is 0 Å². The normalized spacial score (nSPS) is 13.5. The fraction of sp³-hybridized carbons (Fsp3) is 0.0909. The quantitative estimate of drug-likeness (QED) is 0.593. The summed E-state index contributed by atoms with van der Waals surface area (Å²) in [5.74, 6) is 0. The highest BCUT2D eigenvalue weighted by molar-refractivity contribution is 5.96. The second-order valence-electron chi connectivity index (χ2n) is 3.16. The number of aliphatic imine (C=N–C) groups is 1. The summed E-state index contributed by atoms with van der Waals surface area (Å²) < 4.78 is 0. The molecule has 0 bridgehead atoms. The third kappa shape index (κ3) is 0.886. The Bertz CT molecular complexity index is 500. The largest absolute Gasteiger partial charge is 0.258 e. The van der Waals surface area contributed by atoms with Crippen molar-refractivity contribution in [1.82, 2.24) is 4.98 Å². The van der Waals surface area contributed by atoms with Crippen LogP contribution in [0.3, 0.4) is 0 Å². The molecule has 2 aromatic rings. The van der Waals surface area contributed by atoms with Crippen molar-refractivity contribution in [3.63, 3.8) is 0 Å². The molecule has 0 aliphatic carbocycles. The molecule has 0 unspecified atom stereocenters. The van der Waals surface area contributed by atoms with Gasteiger partial charge in [-0.25, -0.2) is 0 Å². The van der Waals surface area contributed by atoms with Crippen LogP contribution in [0.15, 0.2) is 35.5 Å². The maximum absolute atomic E-state index is 4.36. The van der Waals surface area contributed by atoms with Gasteiger partial charge in [-0.15, -0.1) is 0 Å². The molecule has 0 fully saturated rings. The lowest BCUT2D eigenvalue weighted by Crippen LogP contribution is -1.85. The summed E-state index contributed by atoms with van der Waals surface area (Å²) in [6, 6.07) is 8.22. The Morgan fingerprint density at radius 3 is 3.08 bits per heavy atom. The summed E-state index contributed by atoms with van der Waals surface area (Å²) in [5.41, 5.74) is 2.15.